The van der Waals surface area contributed by atoms with Crippen molar-refractivity contribution in [3.05, 3.63) is 89.5 Å². The Labute approximate surface area is 230 Å². The molecule has 0 bridgehead atoms. The zero-order valence-corrected chi connectivity index (χ0v) is 22.6. The van der Waals surface area contributed by atoms with E-state index in [9.17, 15) is 19.8 Å². The van der Waals surface area contributed by atoms with Crippen LogP contribution < -0.4 is 15.4 Å². The SMILES string of the molecule is CCCCNC(=O)[C@H](C)C[C@H](O)[C@H](Cc1cccc(O)c1)NC(=O)C1Cc2ccccc2Oc2ccccc21. The molecule has 0 fully saturated rings. The highest BCUT2D eigenvalue weighted by molar-refractivity contribution is 5.85. The van der Waals surface area contributed by atoms with Crippen molar-refractivity contribution < 1.29 is 24.5 Å². The first-order valence-corrected chi connectivity index (χ1v) is 13.7. The number of para-hydroxylation sites is 2. The maximum atomic E-state index is 13.9. The molecule has 0 radical (unpaired) electrons. The van der Waals surface area contributed by atoms with E-state index in [-0.39, 0.29) is 24.0 Å². The molecule has 7 nitrogen and oxygen atoms in total. The number of phenolic OH excluding ortho intramolecular Hbond substituents is 1. The van der Waals surface area contributed by atoms with E-state index in [2.05, 4.69) is 17.6 Å². The van der Waals surface area contributed by atoms with Gasteiger partial charge in [0.2, 0.25) is 11.8 Å². The number of carbonyl (C=O) groups is 2. The molecule has 3 aromatic carbocycles. The summed E-state index contributed by atoms with van der Waals surface area (Å²) in [6.45, 7) is 4.45. The Balaban J connectivity index is 1.56. The van der Waals surface area contributed by atoms with Gasteiger partial charge >= 0.3 is 0 Å². The van der Waals surface area contributed by atoms with Crippen LogP contribution in [-0.2, 0) is 22.4 Å². The summed E-state index contributed by atoms with van der Waals surface area (Å²) >= 11 is 0. The number of nitrogens with one attached hydrogen (secondary N) is 2. The van der Waals surface area contributed by atoms with Gasteiger partial charge < -0.3 is 25.6 Å². The first-order valence-electron chi connectivity index (χ1n) is 13.7. The maximum Gasteiger partial charge on any atom is 0.228 e. The average Bonchev–Trinajstić information content (AvgIpc) is 3.09. The highest BCUT2D eigenvalue weighted by atomic mass is 16.5. The van der Waals surface area contributed by atoms with Gasteiger partial charge in [-0.1, -0.05) is 68.8 Å². The minimum atomic E-state index is -0.979. The molecule has 4 atom stereocenters. The van der Waals surface area contributed by atoms with Crippen LogP contribution in [0.25, 0.3) is 0 Å². The van der Waals surface area contributed by atoms with Crippen LogP contribution in [0.15, 0.2) is 72.8 Å². The third-order valence-electron chi connectivity index (χ3n) is 7.26. The van der Waals surface area contributed by atoms with Gasteiger partial charge in [0.25, 0.3) is 0 Å². The number of carbonyl (C=O) groups excluding carboxylic acids is 2. The standard InChI is InChI=1S/C32H38N2O5/c1-3-4-16-33-31(37)21(2)17-28(36)27(19-22-10-9-12-24(35)18-22)34-32(38)26-20-23-11-5-7-14-29(23)39-30-15-8-6-13-25(26)30/h5-15,18,21,26-28,35-36H,3-4,16-17,19-20H2,1-2H3,(H,33,37)(H,34,38)/t21-,26?,27+,28+/m1/s1. The summed E-state index contributed by atoms with van der Waals surface area (Å²) in [5.41, 5.74) is 2.48. The monoisotopic (exact) mass is 530 g/mol. The lowest BCUT2D eigenvalue weighted by atomic mass is 9.89. The zero-order chi connectivity index (χ0) is 27.8. The number of aliphatic hydroxyl groups is 1. The van der Waals surface area contributed by atoms with Crippen LogP contribution in [0.1, 0.15) is 55.7 Å². The Morgan fingerprint density at radius 2 is 1.77 bits per heavy atom. The summed E-state index contributed by atoms with van der Waals surface area (Å²) in [6.07, 6.45) is 1.83. The number of amides is 2. The summed E-state index contributed by atoms with van der Waals surface area (Å²) < 4.78 is 6.16. The van der Waals surface area contributed by atoms with E-state index in [1.165, 1.54) is 0 Å². The molecule has 7 heteroatoms. The molecule has 2 amide bonds. The van der Waals surface area contributed by atoms with Crippen LogP contribution in [0.2, 0.25) is 0 Å². The second-order valence-corrected chi connectivity index (χ2v) is 10.3. The molecule has 0 aromatic heterocycles. The normalized spacial score (nSPS) is 16.4. The van der Waals surface area contributed by atoms with Gasteiger partial charge in [-0.05, 0) is 61.1 Å². The molecule has 206 valence electrons. The molecule has 1 unspecified atom stereocenters. The van der Waals surface area contributed by atoms with Crippen LogP contribution in [0.3, 0.4) is 0 Å². The molecule has 0 saturated carbocycles. The molecule has 39 heavy (non-hydrogen) atoms. The van der Waals surface area contributed by atoms with Gasteiger partial charge in [0.1, 0.15) is 17.2 Å². The lowest BCUT2D eigenvalue weighted by Gasteiger charge is -2.28. The highest BCUT2D eigenvalue weighted by Crippen LogP contribution is 2.39. The summed E-state index contributed by atoms with van der Waals surface area (Å²) in [4.78, 5) is 26.5. The van der Waals surface area contributed by atoms with Crippen molar-refractivity contribution in [1.82, 2.24) is 10.6 Å². The predicted molar refractivity (Wildman–Crippen MR) is 151 cm³/mol. The second-order valence-electron chi connectivity index (χ2n) is 10.3. The second kappa shape index (κ2) is 13.3. The van der Waals surface area contributed by atoms with Gasteiger partial charge in [0.15, 0.2) is 0 Å². The van der Waals surface area contributed by atoms with Crippen LogP contribution in [0.4, 0.5) is 0 Å². The van der Waals surface area contributed by atoms with Crippen molar-refractivity contribution in [1.29, 1.82) is 0 Å². The van der Waals surface area contributed by atoms with E-state index in [1.54, 1.807) is 25.1 Å². The average molecular weight is 531 g/mol. The molecule has 0 spiro atoms. The molecular weight excluding hydrogens is 492 g/mol. The highest BCUT2D eigenvalue weighted by Gasteiger charge is 2.32. The van der Waals surface area contributed by atoms with Crippen molar-refractivity contribution in [2.24, 2.45) is 5.92 Å². The van der Waals surface area contributed by atoms with Gasteiger partial charge in [-0.25, -0.2) is 0 Å². The summed E-state index contributed by atoms with van der Waals surface area (Å²) in [7, 11) is 0. The minimum Gasteiger partial charge on any atom is -0.508 e. The summed E-state index contributed by atoms with van der Waals surface area (Å²) in [5.74, 6) is 0.160. The van der Waals surface area contributed by atoms with Gasteiger partial charge in [-0.2, -0.15) is 0 Å². The number of ether oxygens (including phenoxy) is 1. The molecule has 0 saturated heterocycles. The van der Waals surface area contributed by atoms with E-state index in [4.69, 9.17) is 4.74 Å². The summed E-state index contributed by atoms with van der Waals surface area (Å²) in [5, 5.41) is 27.3. The minimum absolute atomic E-state index is 0.113. The lowest BCUT2D eigenvalue weighted by molar-refractivity contribution is -0.126. The third kappa shape index (κ3) is 7.39. The number of fused-ring (bicyclic) bond motifs is 2. The molecule has 1 heterocycles. The Kier molecular flexibility index (Phi) is 9.60. The van der Waals surface area contributed by atoms with E-state index in [0.29, 0.717) is 25.1 Å². The van der Waals surface area contributed by atoms with Crippen molar-refractivity contribution >= 4 is 11.8 Å². The fraction of sp³-hybridized carbons (Fsp3) is 0.375. The number of hydrogen-bond acceptors (Lipinski definition) is 5. The number of aromatic hydroxyl groups is 1. The van der Waals surface area contributed by atoms with E-state index < -0.39 is 24.0 Å². The zero-order valence-electron chi connectivity index (χ0n) is 22.6. The molecule has 4 N–H and O–H groups in total. The van der Waals surface area contributed by atoms with Gasteiger partial charge in [0.05, 0.1) is 18.1 Å². The Morgan fingerprint density at radius 1 is 1.03 bits per heavy atom. The number of unbranched alkanes of at least 4 members (excludes halogenated alkanes) is 1. The van der Waals surface area contributed by atoms with Crippen molar-refractivity contribution in [3.63, 3.8) is 0 Å². The van der Waals surface area contributed by atoms with Gasteiger partial charge in [-0.15, -0.1) is 0 Å². The van der Waals surface area contributed by atoms with Crippen LogP contribution in [0.5, 0.6) is 17.2 Å². The van der Waals surface area contributed by atoms with Crippen LogP contribution in [-0.4, -0.2) is 40.7 Å². The smallest absolute Gasteiger partial charge is 0.228 e. The Bertz CT molecular complexity index is 1280. The van der Waals surface area contributed by atoms with Gasteiger partial charge in [0, 0.05) is 18.0 Å². The Hall–Kier alpha value is -3.84. The summed E-state index contributed by atoms with van der Waals surface area (Å²) in [6, 6.07) is 21.3. The molecule has 1 aliphatic rings. The molecule has 3 aromatic rings. The third-order valence-corrected chi connectivity index (χ3v) is 7.26. The first-order chi connectivity index (χ1) is 18.9. The lowest BCUT2D eigenvalue weighted by Crippen LogP contribution is -2.48. The van der Waals surface area contributed by atoms with Crippen LogP contribution >= 0.6 is 0 Å². The maximum absolute atomic E-state index is 13.9. The number of phenols is 1. The number of benzene rings is 3. The van der Waals surface area contributed by atoms with Gasteiger partial charge in [-0.3, -0.25) is 9.59 Å². The predicted octanol–water partition coefficient (Wildman–Crippen LogP) is 4.86. The number of rotatable bonds is 11. The number of aliphatic hydroxyl groups excluding tert-OH is 1. The van der Waals surface area contributed by atoms with E-state index >= 15 is 0 Å². The fourth-order valence-corrected chi connectivity index (χ4v) is 5.02. The van der Waals surface area contributed by atoms with Crippen molar-refractivity contribution in [2.75, 3.05) is 6.54 Å². The topological polar surface area (TPSA) is 108 Å². The Morgan fingerprint density at radius 3 is 2.54 bits per heavy atom. The van der Waals surface area contributed by atoms with Crippen LogP contribution in [0, 0.1) is 5.92 Å². The number of hydrogen-bond donors (Lipinski definition) is 4. The van der Waals surface area contributed by atoms with Crippen molar-refractivity contribution in [3.8, 4) is 17.2 Å². The molecular formula is C32H38N2O5. The first kappa shape index (κ1) is 28.2. The fourth-order valence-electron chi connectivity index (χ4n) is 5.02. The molecule has 4 rings (SSSR count). The van der Waals surface area contributed by atoms with E-state index in [0.717, 1.165) is 35.3 Å². The molecule has 0 aliphatic carbocycles. The molecule has 1 aliphatic heterocycles. The largest absolute Gasteiger partial charge is 0.508 e. The quantitative estimate of drug-likeness (QED) is 0.265. The van der Waals surface area contributed by atoms with Crippen molar-refractivity contribution in [2.45, 2.75) is 64.0 Å². The van der Waals surface area contributed by atoms with E-state index in [1.807, 2.05) is 54.6 Å².